The van der Waals surface area contributed by atoms with E-state index in [0.29, 0.717) is 0 Å². The monoisotopic (exact) mass is 319 g/mol. The van der Waals surface area contributed by atoms with Crippen molar-refractivity contribution in [3.63, 3.8) is 0 Å². The number of rotatable bonds is 7. The summed E-state index contributed by atoms with van der Waals surface area (Å²) in [6.45, 7) is 7.47. The smallest absolute Gasteiger partial charge is 0.0875 e. The molecule has 0 spiro atoms. The lowest BCUT2D eigenvalue weighted by Crippen LogP contribution is -2.44. The largest absolute Gasteiger partial charge is 0.376 e. The van der Waals surface area contributed by atoms with Gasteiger partial charge in [-0.05, 0) is 46.8 Å². The van der Waals surface area contributed by atoms with Crippen LogP contribution in [0.2, 0.25) is 0 Å². The number of hydrogen-bond donors (Lipinski definition) is 1. The lowest BCUT2D eigenvalue weighted by Gasteiger charge is -2.38. The molecule has 1 aromatic heterocycles. The summed E-state index contributed by atoms with van der Waals surface area (Å²) in [5.74, 6) is 0. The Hall–Kier alpha value is 0.1000. The third-order valence-electron chi connectivity index (χ3n) is 3.44. The maximum Gasteiger partial charge on any atom is 0.0875 e. The van der Waals surface area contributed by atoms with Crippen molar-refractivity contribution in [2.75, 3.05) is 13.7 Å². The van der Waals surface area contributed by atoms with Gasteiger partial charge in [-0.3, -0.25) is 0 Å². The second-order valence-corrected chi connectivity index (χ2v) is 5.90. The highest BCUT2D eigenvalue weighted by Gasteiger charge is 2.37. The second kappa shape index (κ2) is 6.88. The molecular weight excluding hydrogens is 298 g/mol. The highest BCUT2D eigenvalue weighted by Crippen LogP contribution is 2.40. The van der Waals surface area contributed by atoms with Crippen molar-refractivity contribution < 1.29 is 4.74 Å². The summed E-state index contributed by atoms with van der Waals surface area (Å²) in [4.78, 5) is 1.33. The van der Waals surface area contributed by atoms with Gasteiger partial charge in [-0.25, -0.2) is 0 Å². The predicted octanol–water partition coefficient (Wildman–Crippen LogP) is 4.37. The predicted molar refractivity (Wildman–Crippen MR) is 78.8 cm³/mol. The van der Waals surface area contributed by atoms with Crippen LogP contribution in [0.4, 0.5) is 0 Å². The number of methoxy groups -OCH3 is 1. The molecule has 1 unspecified atom stereocenters. The molecular formula is C13H22BrNOS. The van der Waals surface area contributed by atoms with Crippen molar-refractivity contribution in [1.29, 1.82) is 0 Å². The molecule has 1 aromatic rings. The number of hydrogen-bond acceptors (Lipinski definition) is 3. The van der Waals surface area contributed by atoms with Gasteiger partial charge in [0.1, 0.15) is 0 Å². The fraction of sp³-hybridized carbons (Fsp3) is 0.692. The van der Waals surface area contributed by atoms with Crippen molar-refractivity contribution in [2.45, 2.75) is 45.3 Å². The van der Waals surface area contributed by atoms with Gasteiger partial charge in [0.2, 0.25) is 0 Å². The van der Waals surface area contributed by atoms with Gasteiger partial charge in [0.25, 0.3) is 0 Å². The average Bonchev–Trinajstić information content (AvgIpc) is 2.77. The normalized spacial score (nSPS) is 13.9. The second-order valence-electron chi connectivity index (χ2n) is 4.10. The summed E-state index contributed by atoms with van der Waals surface area (Å²) >= 11 is 5.41. The third kappa shape index (κ3) is 3.11. The number of ether oxygens (including phenoxy) is 1. The molecule has 1 atom stereocenters. The topological polar surface area (TPSA) is 21.3 Å². The van der Waals surface area contributed by atoms with Crippen molar-refractivity contribution in [3.05, 3.63) is 20.8 Å². The zero-order chi connectivity index (χ0) is 12.9. The van der Waals surface area contributed by atoms with Gasteiger partial charge < -0.3 is 10.1 Å². The van der Waals surface area contributed by atoms with Crippen molar-refractivity contribution in [3.8, 4) is 0 Å². The Morgan fingerprint density at radius 2 is 2.06 bits per heavy atom. The molecule has 0 aromatic carbocycles. The summed E-state index contributed by atoms with van der Waals surface area (Å²) in [7, 11) is 1.82. The van der Waals surface area contributed by atoms with Gasteiger partial charge >= 0.3 is 0 Å². The Morgan fingerprint density at radius 1 is 1.41 bits per heavy atom. The van der Waals surface area contributed by atoms with Gasteiger partial charge in [-0.2, -0.15) is 0 Å². The van der Waals surface area contributed by atoms with E-state index in [1.54, 1.807) is 11.3 Å². The molecule has 0 fully saturated rings. The number of likely N-dealkylation sites (N-methyl/N-ethyl adjacent to an activating group) is 1. The molecule has 0 amide bonds. The van der Waals surface area contributed by atoms with E-state index >= 15 is 0 Å². The molecule has 4 heteroatoms. The molecule has 1 heterocycles. The third-order valence-corrected chi connectivity index (χ3v) is 5.38. The first-order valence-electron chi connectivity index (χ1n) is 6.16. The summed E-state index contributed by atoms with van der Waals surface area (Å²) in [5, 5.41) is 5.70. The molecule has 0 radical (unpaired) electrons. The Morgan fingerprint density at radius 3 is 2.41 bits per heavy atom. The van der Waals surface area contributed by atoms with E-state index in [4.69, 9.17) is 4.74 Å². The number of nitrogens with one attached hydrogen (secondary N) is 1. The SMILES string of the molecule is CCNC(c1sccc1Br)C(CC)(CC)OC. The summed E-state index contributed by atoms with van der Waals surface area (Å²) < 4.78 is 7.03. The fourth-order valence-corrected chi connectivity index (χ4v) is 4.08. The van der Waals surface area contributed by atoms with Crippen LogP contribution in [0.15, 0.2) is 15.9 Å². The molecule has 98 valence electrons. The van der Waals surface area contributed by atoms with Gasteiger partial charge in [0, 0.05) is 16.5 Å². The van der Waals surface area contributed by atoms with Crippen molar-refractivity contribution in [2.24, 2.45) is 0 Å². The van der Waals surface area contributed by atoms with E-state index < -0.39 is 0 Å². The van der Waals surface area contributed by atoms with E-state index in [2.05, 4.69) is 53.5 Å². The van der Waals surface area contributed by atoms with Crippen molar-refractivity contribution >= 4 is 27.3 Å². The molecule has 17 heavy (non-hydrogen) atoms. The molecule has 0 saturated heterocycles. The zero-order valence-corrected chi connectivity index (χ0v) is 13.5. The summed E-state index contributed by atoms with van der Waals surface area (Å²) in [6, 6.07) is 2.36. The van der Waals surface area contributed by atoms with Crippen LogP contribution in [-0.4, -0.2) is 19.3 Å². The van der Waals surface area contributed by atoms with Crippen LogP contribution in [0.5, 0.6) is 0 Å². The van der Waals surface area contributed by atoms with Crippen LogP contribution in [0.3, 0.4) is 0 Å². The maximum atomic E-state index is 5.85. The zero-order valence-electron chi connectivity index (χ0n) is 11.0. The minimum atomic E-state index is -0.122. The Kier molecular flexibility index (Phi) is 6.13. The average molecular weight is 320 g/mol. The van der Waals surface area contributed by atoms with Crippen molar-refractivity contribution in [1.82, 2.24) is 5.32 Å². The lowest BCUT2D eigenvalue weighted by atomic mass is 9.87. The Labute approximate surface area is 117 Å². The first-order chi connectivity index (χ1) is 8.15. The minimum absolute atomic E-state index is 0.122. The van der Waals surface area contributed by atoms with E-state index in [-0.39, 0.29) is 11.6 Å². The molecule has 0 aliphatic carbocycles. The van der Waals surface area contributed by atoms with Crippen LogP contribution in [-0.2, 0) is 4.74 Å². The molecule has 1 rings (SSSR count). The van der Waals surface area contributed by atoms with Gasteiger partial charge in [-0.1, -0.05) is 20.8 Å². The van der Waals surface area contributed by atoms with Crippen LogP contribution >= 0.6 is 27.3 Å². The highest BCUT2D eigenvalue weighted by atomic mass is 79.9. The molecule has 1 N–H and O–H groups in total. The summed E-state index contributed by atoms with van der Waals surface area (Å²) in [5.41, 5.74) is -0.122. The van der Waals surface area contributed by atoms with Crippen LogP contribution in [0, 0.1) is 0 Å². The highest BCUT2D eigenvalue weighted by molar-refractivity contribution is 9.10. The van der Waals surface area contributed by atoms with Crippen LogP contribution < -0.4 is 5.32 Å². The first kappa shape index (κ1) is 15.2. The Bertz CT molecular complexity index is 328. The Balaban J connectivity index is 3.11. The molecule has 0 bridgehead atoms. The number of halogens is 1. The molecule has 0 aliphatic heterocycles. The summed E-state index contributed by atoms with van der Waals surface area (Å²) in [6.07, 6.45) is 2.00. The molecule has 0 saturated carbocycles. The van der Waals surface area contributed by atoms with Crippen LogP contribution in [0.1, 0.15) is 44.5 Å². The van der Waals surface area contributed by atoms with Gasteiger partial charge in [0.15, 0.2) is 0 Å². The first-order valence-corrected chi connectivity index (χ1v) is 7.83. The standard InChI is InChI=1S/C13H22BrNOS/c1-5-13(6-2,16-4)12(15-7-3)11-10(14)8-9-17-11/h8-9,12,15H,5-7H2,1-4H3. The van der Waals surface area contributed by atoms with E-state index in [1.165, 1.54) is 9.35 Å². The van der Waals surface area contributed by atoms with E-state index in [0.717, 1.165) is 19.4 Å². The quantitative estimate of drug-likeness (QED) is 0.806. The fourth-order valence-electron chi connectivity index (χ4n) is 2.30. The van der Waals surface area contributed by atoms with E-state index in [9.17, 15) is 0 Å². The number of thiophene rings is 1. The van der Waals surface area contributed by atoms with Gasteiger partial charge in [0.05, 0.1) is 11.6 Å². The molecule has 2 nitrogen and oxygen atoms in total. The van der Waals surface area contributed by atoms with Crippen LogP contribution in [0.25, 0.3) is 0 Å². The van der Waals surface area contributed by atoms with Gasteiger partial charge in [-0.15, -0.1) is 11.3 Å². The van der Waals surface area contributed by atoms with E-state index in [1.807, 2.05) is 7.11 Å². The lowest BCUT2D eigenvalue weighted by molar-refractivity contribution is -0.0474. The maximum absolute atomic E-state index is 5.85. The minimum Gasteiger partial charge on any atom is -0.376 e. The molecule has 0 aliphatic rings.